The van der Waals surface area contributed by atoms with Gasteiger partial charge in [-0.2, -0.15) is 0 Å². The van der Waals surface area contributed by atoms with Crippen LogP contribution in [0.3, 0.4) is 0 Å². The average molecular weight is 570 g/mol. The largest absolute Gasteiger partial charge is 0.489 e. The highest BCUT2D eigenvalue weighted by Gasteiger charge is 2.23. The molecular formula is C24H32FIN4O3. The zero-order valence-corrected chi connectivity index (χ0v) is 21.3. The fourth-order valence-corrected chi connectivity index (χ4v) is 3.39. The monoisotopic (exact) mass is 570 g/mol. The first-order valence-corrected chi connectivity index (χ1v) is 11.0. The Morgan fingerprint density at radius 2 is 2.06 bits per heavy atom. The third-order valence-electron chi connectivity index (χ3n) is 5.15. The van der Waals surface area contributed by atoms with Crippen molar-refractivity contribution in [1.29, 1.82) is 0 Å². The first kappa shape index (κ1) is 26.8. The number of anilines is 1. The Kier molecular flexibility index (Phi) is 11.4. The van der Waals surface area contributed by atoms with Gasteiger partial charge < -0.3 is 25.4 Å². The Hall–Kier alpha value is -2.40. The zero-order valence-electron chi connectivity index (χ0n) is 19.0. The number of halogens is 2. The van der Waals surface area contributed by atoms with Crippen molar-refractivity contribution in [2.24, 2.45) is 4.99 Å². The number of hydrogen-bond donors (Lipinski definition) is 3. The van der Waals surface area contributed by atoms with E-state index in [1.165, 1.54) is 12.1 Å². The minimum absolute atomic E-state index is 0. The van der Waals surface area contributed by atoms with Crippen molar-refractivity contribution in [2.75, 3.05) is 25.5 Å². The predicted molar refractivity (Wildman–Crippen MR) is 139 cm³/mol. The molecule has 1 aliphatic rings. The number of carbonyl (C=O) groups is 1. The lowest BCUT2D eigenvalue weighted by molar-refractivity contribution is -0.124. The Morgan fingerprint density at radius 3 is 2.76 bits per heavy atom. The summed E-state index contributed by atoms with van der Waals surface area (Å²) >= 11 is 0. The summed E-state index contributed by atoms with van der Waals surface area (Å²) in [5.74, 6) is 0.703. The summed E-state index contributed by atoms with van der Waals surface area (Å²) < 4.78 is 24.7. The molecule has 2 aromatic rings. The van der Waals surface area contributed by atoms with Crippen molar-refractivity contribution >= 4 is 41.5 Å². The summed E-state index contributed by atoms with van der Waals surface area (Å²) in [6.07, 6.45) is 1.94. The van der Waals surface area contributed by atoms with Gasteiger partial charge in [-0.15, -0.1) is 24.0 Å². The maximum atomic E-state index is 13.4. The Morgan fingerprint density at radius 1 is 1.24 bits per heavy atom. The van der Waals surface area contributed by atoms with Gasteiger partial charge in [0.2, 0.25) is 0 Å². The Balaban J connectivity index is 0.00000385. The topological polar surface area (TPSA) is 84.0 Å². The minimum Gasteiger partial charge on any atom is -0.489 e. The molecule has 0 bridgehead atoms. The lowest BCUT2D eigenvalue weighted by Crippen LogP contribution is -2.42. The Bertz CT molecular complexity index is 922. The van der Waals surface area contributed by atoms with Crippen LogP contribution in [0.25, 0.3) is 0 Å². The third-order valence-corrected chi connectivity index (χ3v) is 5.15. The number of nitrogens with one attached hydrogen (secondary N) is 3. The van der Waals surface area contributed by atoms with Gasteiger partial charge >= 0.3 is 0 Å². The fourth-order valence-electron chi connectivity index (χ4n) is 3.39. The molecule has 0 radical (unpaired) electrons. The quantitative estimate of drug-likeness (QED) is 0.241. The van der Waals surface area contributed by atoms with Crippen LogP contribution < -0.4 is 20.7 Å². The number of guanidine groups is 1. The van der Waals surface area contributed by atoms with E-state index in [0.29, 0.717) is 31.4 Å². The van der Waals surface area contributed by atoms with Crippen LogP contribution in [0.4, 0.5) is 10.1 Å². The second-order valence-electron chi connectivity index (χ2n) is 7.60. The molecule has 2 aromatic carbocycles. The van der Waals surface area contributed by atoms with Crippen LogP contribution in [-0.2, 0) is 16.1 Å². The summed E-state index contributed by atoms with van der Waals surface area (Å²) in [7, 11) is 1.70. The summed E-state index contributed by atoms with van der Waals surface area (Å²) in [6.45, 7) is 3.70. The molecule has 0 spiro atoms. The van der Waals surface area contributed by atoms with E-state index in [-0.39, 0.29) is 47.9 Å². The van der Waals surface area contributed by atoms with Crippen molar-refractivity contribution in [3.05, 3.63) is 59.9 Å². The van der Waals surface area contributed by atoms with Crippen LogP contribution in [0, 0.1) is 5.82 Å². The summed E-state index contributed by atoms with van der Waals surface area (Å²) in [4.78, 5) is 16.5. The normalized spacial score (nSPS) is 16.5. The highest BCUT2D eigenvalue weighted by atomic mass is 127. The standard InChI is InChI=1S/C24H31FN4O3.HI/c1-3-20(32-21-10-5-8-18(25)14-21)16-28-24(26-2)27-15-17-7-4-9-19(13-17)29-23(30)22-11-6-12-31-22;/h4-5,7-10,13-14,20,22H,3,6,11-12,15-16H2,1-2H3,(H,29,30)(H2,26,27,28);1H. The number of nitrogens with zero attached hydrogens (tertiary/aromatic N) is 1. The van der Waals surface area contributed by atoms with E-state index in [2.05, 4.69) is 20.9 Å². The number of carbonyl (C=O) groups excluding carboxylic acids is 1. The van der Waals surface area contributed by atoms with Gasteiger partial charge in [-0.25, -0.2) is 4.39 Å². The van der Waals surface area contributed by atoms with E-state index in [0.717, 1.165) is 30.5 Å². The minimum atomic E-state index is -0.360. The number of rotatable bonds is 9. The van der Waals surface area contributed by atoms with E-state index < -0.39 is 0 Å². The molecule has 1 fully saturated rings. The fraction of sp³-hybridized carbons (Fsp3) is 0.417. The molecule has 9 heteroatoms. The van der Waals surface area contributed by atoms with Crippen LogP contribution in [0.2, 0.25) is 0 Å². The van der Waals surface area contributed by atoms with Gasteiger partial charge in [0, 0.05) is 32.0 Å². The summed E-state index contributed by atoms with van der Waals surface area (Å²) in [6, 6.07) is 13.8. The van der Waals surface area contributed by atoms with Crippen LogP contribution in [0.5, 0.6) is 5.75 Å². The molecule has 2 atom stereocenters. The SMILES string of the molecule is CCC(CNC(=NC)NCc1cccc(NC(=O)C2CCCO2)c1)Oc1cccc(F)c1.I. The van der Waals surface area contributed by atoms with Crippen molar-refractivity contribution < 1.29 is 18.7 Å². The van der Waals surface area contributed by atoms with E-state index in [9.17, 15) is 9.18 Å². The molecule has 7 nitrogen and oxygen atoms in total. The maximum absolute atomic E-state index is 13.4. The lowest BCUT2D eigenvalue weighted by atomic mass is 10.2. The number of benzene rings is 2. The van der Waals surface area contributed by atoms with E-state index in [1.54, 1.807) is 19.2 Å². The van der Waals surface area contributed by atoms with Crippen LogP contribution >= 0.6 is 24.0 Å². The molecule has 180 valence electrons. The van der Waals surface area contributed by atoms with Crippen molar-refractivity contribution in [3.8, 4) is 5.75 Å². The molecule has 1 heterocycles. The second-order valence-corrected chi connectivity index (χ2v) is 7.60. The van der Waals surface area contributed by atoms with E-state index in [4.69, 9.17) is 9.47 Å². The number of ether oxygens (including phenoxy) is 2. The van der Waals surface area contributed by atoms with Gasteiger partial charge in [-0.1, -0.05) is 25.1 Å². The van der Waals surface area contributed by atoms with Gasteiger partial charge in [0.05, 0.1) is 6.54 Å². The van der Waals surface area contributed by atoms with E-state index in [1.807, 2.05) is 31.2 Å². The molecule has 33 heavy (non-hydrogen) atoms. The van der Waals surface area contributed by atoms with E-state index >= 15 is 0 Å². The number of aliphatic imine (C=N–C) groups is 1. The number of hydrogen-bond acceptors (Lipinski definition) is 4. The van der Waals surface area contributed by atoms with Gasteiger partial charge in [0.1, 0.15) is 23.8 Å². The average Bonchev–Trinajstić information content (AvgIpc) is 3.34. The van der Waals surface area contributed by atoms with Crippen LogP contribution in [0.1, 0.15) is 31.7 Å². The first-order chi connectivity index (χ1) is 15.6. The maximum Gasteiger partial charge on any atom is 0.253 e. The molecule has 1 amide bonds. The molecule has 0 saturated carbocycles. The molecule has 0 aliphatic carbocycles. The van der Waals surface area contributed by atoms with Crippen LogP contribution in [0.15, 0.2) is 53.5 Å². The van der Waals surface area contributed by atoms with Crippen molar-refractivity contribution in [3.63, 3.8) is 0 Å². The van der Waals surface area contributed by atoms with Gasteiger partial charge in [0.25, 0.3) is 5.91 Å². The molecule has 0 aromatic heterocycles. The second kappa shape index (κ2) is 14.0. The molecule has 2 unspecified atom stereocenters. The Labute approximate surface area is 211 Å². The third kappa shape index (κ3) is 8.81. The molecule has 3 rings (SSSR count). The van der Waals surface area contributed by atoms with Crippen LogP contribution in [-0.4, -0.2) is 44.3 Å². The molecule has 3 N–H and O–H groups in total. The molecule has 1 aliphatic heterocycles. The van der Waals surface area contributed by atoms with Gasteiger partial charge in [-0.3, -0.25) is 9.79 Å². The van der Waals surface area contributed by atoms with Gasteiger partial charge in [-0.05, 0) is 49.1 Å². The lowest BCUT2D eigenvalue weighted by Gasteiger charge is -2.20. The smallest absolute Gasteiger partial charge is 0.253 e. The first-order valence-electron chi connectivity index (χ1n) is 11.0. The van der Waals surface area contributed by atoms with Crippen molar-refractivity contribution in [2.45, 2.75) is 44.9 Å². The number of amides is 1. The highest BCUT2D eigenvalue weighted by molar-refractivity contribution is 14.0. The summed E-state index contributed by atoms with van der Waals surface area (Å²) in [5, 5.41) is 9.42. The van der Waals surface area contributed by atoms with Crippen molar-refractivity contribution in [1.82, 2.24) is 10.6 Å². The summed E-state index contributed by atoms with van der Waals surface area (Å²) in [5.41, 5.74) is 1.74. The predicted octanol–water partition coefficient (Wildman–Crippen LogP) is 4.08. The van der Waals surface area contributed by atoms with Gasteiger partial charge in [0.15, 0.2) is 5.96 Å². The molecular weight excluding hydrogens is 538 g/mol. The molecule has 1 saturated heterocycles. The highest BCUT2D eigenvalue weighted by Crippen LogP contribution is 2.17. The zero-order chi connectivity index (χ0) is 22.8.